The van der Waals surface area contributed by atoms with Crippen LogP contribution in [0.4, 0.5) is 4.79 Å². The van der Waals surface area contributed by atoms with E-state index in [0.29, 0.717) is 24.5 Å². The number of ether oxygens (including phenoxy) is 1. The first-order valence-corrected chi connectivity index (χ1v) is 9.26. The number of phenolic OH excluding ortho intramolecular Hbond substituents is 1. The lowest BCUT2D eigenvalue weighted by molar-refractivity contribution is -0.129. The molecular weight excluding hydrogens is 356 g/mol. The lowest BCUT2D eigenvalue weighted by Gasteiger charge is -2.12. The van der Waals surface area contributed by atoms with Crippen LogP contribution in [0.2, 0.25) is 0 Å². The summed E-state index contributed by atoms with van der Waals surface area (Å²) >= 11 is 0.741. The van der Waals surface area contributed by atoms with Gasteiger partial charge in [0.1, 0.15) is 6.54 Å². The van der Waals surface area contributed by atoms with Gasteiger partial charge in [-0.3, -0.25) is 19.3 Å². The highest BCUT2D eigenvalue weighted by Gasteiger charge is 2.36. The van der Waals surface area contributed by atoms with Gasteiger partial charge in [-0.2, -0.15) is 0 Å². The van der Waals surface area contributed by atoms with E-state index in [0.717, 1.165) is 29.5 Å². The van der Waals surface area contributed by atoms with Crippen molar-refractivity contribution in [1.82, 2.24) is 10.2 Å². The number of aromatic hydroxyl groups is 1. The summed E-state index contributed by atoms with van der Waals surface area (Å²) in [6.45, 7) is 4.39. The lowest BCUT2D eigenvalue weighted by Crippen LogP contribution is -2.39. The Kier molecular flexibility index (Phi) is 7.08. The zero-order valence-corrected chi connectivity index (χ0v) is 15.6. The molecule has 0 bridgehead atoms. The number of para-hydroxylation sites is 1. The van der Waals surface area contributed by atoms with Crippen LogP contribution < -0.4 is 10.1 Å². The number of benzene rings is 1. The molecule has 1 saturated heterocycles. The van der Waals surface area contributed by atoms with Crippen LogP contribution in [0.5, 0.6) is 11.5 Å². The van der Waals surface area contributed by atoms with Crippen molar-refractivity contribution < 1.29 is 24.2 Å². The number of thioether (sulfide) groups is 1. The minimum atomic E-state index is -0.549. The van der Waals surface area contributed by atoms with Crippen LogP contribution in [-0.4, -0.2) is 46.8 Å². The van der Waals surface area contributed by atoms with E-state index in [1.807, 2.05) is 6.92 Å². The Labute approximate surface area is 156 Å². The number of amides is 3. The molecule has 0 atom stereocenters. The van der Waals surface area contributed by atoms with Gasteiger partial charge in [-0.15, -0.1) is 0 Å². The van der Waals surface area contributed by atoms with Crippen molar-refractivity contribution >= 4 is 34.9 Å². The Morgan fingerprint density at radius 1 is 1.35 bits per heavy atom. The lowest BCUT2D eigenvalue weighted by atomic mass is 10.1. The third-order valence-electron chi connectivity index (χ3n) is 3.64. The number of imide groups is 1. The maximum atomic E-state index is 12.4. The van der Waals surface area contributed by atoms with Crippen molar-refractivity contribution in [1.29, 1.82) is 0 Å². The molecule has 0 aromatic heterocycles. The van der Waals surface area contributed by atoms with E-state index < -0.39 is 11.1 Å². The Bertz CT molecular complexity index is 732. The summed E-state index contributed by atoms with van der Waals surface area (Å²) in [5.41, 5.74) is 0.369. The number of hydrogen-bond acceptors (Lipinski definition) is 6. The third kappa shape index (κ3) is 4.78. The second-order valence-electron chi connectivity index (χ2n) is 5.60. The number of rotatable bonds is 8. The Morgan fingerprint density at radius 2 is 2.12 bits per heavy atom. The predicted molar refractivity (Wildman–Crippen MR) is 99.9 cm³/mol. The molecule has 0 unspecified atom stereocenters. The van der Waals surface area contributed by atoms with Crippen molar-refractivity contribution in [3.8, 4) is 11.5 Å². The molecule has 0 aliphatic carbocycles. The molecular formula is C18H22N2O5S. The second-order valence-corrected chi connectivity index (χ2v) is 6.59. The van der Waals surface area contributed by atoms with Gasteiger partial charge >= 0.3 is 0 Å². The van der Waals surface area contributed by atoms with E-state index in [9.17, 15) is 19.5 Å². The van der Waals surface area contributed by atoms with Crippen molar-refractivity contribution in [3.63, 3.8) is 0 Å². The van der Waals surface area contributed by atoms with Crippen LogP contribution in [0.15, 0.2) is 23.1 Å². The molecule has 1 aromatic carbocycles. The molecule has 2 rings (SSSR count). The summed E-state index contributed by atoms with van der Waals surface area (Å²) < 4.78 is 5.31. The monoisotopic (exact) mass is 378 g/mol. The largest absolute Gasteiger partial charge is 0.504 e. The summed E-state index contributed by atoms with van der Waals surface area (Å²) in [7, 11) is 0. The number of unbranched alkanes of at least 4 members (excludes halogenated alkanes) is 1. The quantitative estimate of drug-likeness (QED) is 0.533. The first-order chi connectivity index (χ1) is 12.5. The summed E-state index contributed by atoms with van der Waals surface area (Å²) in [5, 5.41) is 12.4. The standard InChI is InChI=1S/C18H22N2O5S/c1-3-5-9-19-15(21)11-20-17(23)14(26-18(20)24)10-12-7-6-8-13(16(12)22)25-4-2/h6-8,10,22H,3-5,9,11H2,1-2H3,(H,19,21)/b14-10-. The number of nitrogens with zero attached hydrogens (tertiary/aromatic N) is 1. The molecule has 0 radical (unpaired) electrons. The minimum absolute atomic E-state index is 0.0987. The first-order valence-electron chi connectivity index (χ1n) is 8.44. The molecule has 1 heterocycles. The topological polar surface area (TPSA) is 95.9 Å². The maximum Gasteiger partial charge on any atom is 0.294 e. The molecule has 1 aliphatic rings. The number of carbonyl (C=O) groups is 3. The van der Waals surface area contributed by atoms with Crippen molar-refractivity contribution in [2.75, 3.05) is 19.7 Å². The van der Waals surface area contributed by atoms with Crippen LogP contribution in [0.3, 0.4) is 0 Å². The number of hydrogen-bond donors (Lipinski definition) is 2. The van der Waals surface area contributed by atoms with Crippen LogP contribution in [-0.2, 0) is 9.59 Å². The van der Waals surface area contributed by atoms with E-state index in [1.165, 1.54) is 6.08 Å². The highest BCUT2D eigenvalue weighted by atomic mass is 32.2. The van der Waals surface area contributed by atoms with Gasteiger partial charge in [0.15, 0.2) is 11.5 Å². The number of carbonyl (C=O) groups excluding carboxylic acids is 3. The maximum absolute atomic E-state index is 12.4. The highest BCUT2D eigenvalue weighted by Crippen LogP contribution is 2.36. The van der Waals surface area contributed by atoms with Gasteiger partial charge in [-0.25, -0.2) is 0 Å². The van der Waals surface area contributed by atoms with Crippen LogP contribution >= 0.6 is 11.8 Å². The molecule has 1 aliphatic heterocycles. The molecule has 7 nitrogen and oxygen atoms in total. The highest BCUT2D eigenvalue weighted by molar-refractivity contribution is 8.18. The Balaban J connectivity index is 2.12. The Morgan fingerprint density at radius 3 is 2.81 bits per heavy atom. The molecule has 0 spiro atoms. The van der Waals surface area contributed by atoms with Gasteiger partial charge in [-0.1, -0.05) is 25.5 Å². The first kappa shape index (κ1) is 19.8. The molecule has 2 N–H and O–H groups in total. The van der Waals surface area contributed by atoms with E-state index in [1.54, 1.807) is 25.1 Å². The van der Waals surface area contributed by atoms with Gasteiger partial charge in [0, 0.05) is 12.1 Å². The summed E-state index contributed by atoms with van der Waals surface area (Å²) in [6, 6.07) is 4.91. The van der Waals surface area contributed by atoms with Gasteiger partial charge in [0.25, 0.3) is 11.1 Å². The average molecular weight is 378 g/mol. The van der Waals surface area contributed by atoms with Crippen LogP contribution in [0.1, 0.15) is 32.3 Å². The molecule has 1 aromatic rings. The minimum Gasteiger partial charge on any atom is -0.504 e. The predicted octanol–water partition coefficient (Wildman–Crippen LogP) is 2.74. The normalized spacial score (nSPS) is 15.6. The molecule has 0 saturated carbocycles. The van der Waals surface area contributed by atoms with Gasteiger partial charge < -0.3 is 15.2 Å². The Hall–Kier alpha value is -2.48. The number of phenols is 1. The van der Waals surface area contributed by atoms with Gasteiger partial charge in [-0.05, 0) is 37.2 Å². The molecule has 3 amide bonds. The van der Waals surface area contributed by atoms with Gasteiger partial charge in [0.05, 0.1) is 11.5 Å². The second kappa shape index (κ2) is 9.28. The van der Waals surface area contributed by atoms with Crippen molar-refractivity contribution in [3.05, 3.63) is 28.7 Å². The fourth-order valence-corrected chi connectivity index (χ4v) is 3.14. The smallest absolute Gasteiger partial charge is 0.294 e. The van der Waals surface area contributed by atoms with E-state index in [-0.39, 0.29) is 23.1 Å². The van der Waals surface area contributed by atoms with Gasteiger partial charge in [0.2, 0.25) is 5.91 Å². The average Bonchev–Trinajstić information content (AvgIpc) is 2.86. The zero-order chi connectivity index (χ0) is 19.1. The molecule has 8 heteroatoms. The van der Waals surface area contributed by atoms with Crippen LogP contribution in [0, 0.1) is 0 Å². The SMILES string of the molecule is CCCCNC(=O)CN1C(=O)S/C(=C\c2cccc(OCC)c2O)C1=O. The van der Waals surface area contributed by atoms with E-state index in [2.05, 4.69) is 5.32 Å². The van der Waals surface area contributed by atoms with Crippen LogP contribution in [0.25, 0.3) is 6.08 Å². The summed E-state index contributed by atoms with van der Waals surface area (Å²) in [4.78, 5) is 37.4. The summed E-state index contributed by atoms with van der Waals surface area (Å²) in [5.74, 6) is -0.718. The third-order valence-corrected chi connectivity index (χ3v) is 4.55. The van der Waals surface area contributed by atoms with E-state index in [4.69, 9.17) is 4.74 Å². The fraction of sp³-hybridized carbons (Fsp3) is 0.389. The van der Waals surface area contributed by atoms with Crippen molar-refractivity contribution in [2.24, 2.45) is 0 Å². The number of nitrogens with one attached hydrogen (secondary N) is 1. The summed E-state index contributed by atoms with van der Waals surface area (Å²) in [6.07, 6.45) is 3.20. The van der Waals surface area contributed by atoms with Crippen molar-refractivity contribution in [2.45, 2.75) is 26.7 Å². The zero-order valence-electron chi connectivity index (χ0n) is 14.8. The fourth-order valence-electron chi connectivity index (χ4n) is 2.31. The van der Waals surface area contributed by atoms with E-state index >= 15 is 0 Å². The molecule has 140 valence electrons. The molecule has 26 heavy (non-hydrogen) atoms. The molecule has 1 fully saturated rings.